The number of rotatable bonds is 6. The molecule has 23 heavy (non-hydrogen) atoms. The zero-order valence-corrected chi connectivity index (χ0v) is 12.1. The average Bonchev–Trinajstić information content (AvgIpc) is 3.09. The molecular formula is C15H14N6O2. The lowest BCUT2D eigenvalue weighted by Crippen LogP contribution is -2.18. The fraction of sp³-hybridized carbons (Fsp3) is 0.133. The molecule has 1 atom stereocenters. The van der Waals surface area contributed by atoms with Crippen molar-refractivity contribution in [3.8, 4) is 0 Å². The molecule has 2 heterocycles. The molecule has 0 saturated carbocycles. The predicted octanol–water partition coefficient (Wildman–Crippen LogP) is 2.43. The van der Waals surface area contributed by atoms with Crippen LogP contribution in [0.15, 0.2) is 61.3 Å². The van der Waals surface area contributed by atoms with Crippen LogP contribution < -0.4 is 5.32 Å². The first kappa shape index (κ1) is 14.6. The van der Waals surface area contributed by atoms with E-state index >= 15 is 0 Å². The minimum Gasteiger partial charge on any atom is -0.361 e. The summed E-state index contributed by atoms with van der Waals surface area (Å²) in [6.45, 7) is 0.558. The van der Waals surface area contributed by atoms with Crippen LogP contribution in [0.5, 0.6) is 0 Å². The van der Waals surface area contributed by atoms with Gasteiger partial charge in [0.1, 0.15) is 24.7 Å². The lowest BCUT2D eigenvalue weighted by atomic mass is 10.1. The smallest absolute Gasteiger partial charge is 0.287 e. The summed E-state index contributed by atoms with van der Waals surface area (Å²) in [7, 11) is 0. The molecule has 0 amide bonds. The van der Waals surface area contributed by atoms with Crippen molar-refractivity contribution in [3.63, 3.8) is 0 Å². The van der Waals surface area contributed by atoms with Crippen LogP contribution in [-0.4, -0.2) is 24.7 Å². The van der Waals surface area contributed by atoms with Gasteiger partial charge < -0.3 is 5.32 Å². The van der Waals surface area contributed by atoms with Gasteiger partial charge in [0.25, 0.3) is 5.69 Å². The highest BCUT2D eigenvalue weighted by atomic mass is 16.6. The first-order chi connectivity index (χ1) is 11.2. The number of aromatic nitrogens is 4. The summed E-state index contributed by atoms with van der Waals surface area (Å²) in [5.74, 6) is 0.560. The summed E-state index contributed by atoms with van der Waals surface area (Å²) in [6.07, 6.45) is 4.35. The van der Waals surface area contributed by atoms with Gasteiger partial charge in [0, 0.05) is 6.07 Å². The van der Waals surface area contributed by atoms with E-state index in [2.05, 4.69) is 20.4 Å². The standard InChI is InChI=1S/C15H14N6O2/c22-21(23)13-6-7-15(17-8-13)19-14(9-20-11-16-10-18-20)12-4-2-1-3-5-12/h1-8,10-11,14H,9H2,(H,17,19)/t14-/m1/s1. The maximum atomic E-state index is 10.7. The Balaban J connectivity index is 1.82. The predicted molar refractivity (Wildman–Crippen MR) is 83.7 cm³/mol. The highest BCUT2D eigenvalue weighted by molar-refractivity contribution is 5.42. The first-order valence-corrected chi connectivity index (χ1v) is 6.97. The molecular weight excluding hydrogens is 296 g/mol. The summed E-state index contributed by atoms with van der Waals surface area (Å²) in [6, 6.07) is 12.8. The van der Waals surface area contributed by atoms with Crippen LogP contribution in [0.2, 0.25) is 0 Å². The molecule has 0 fully saturated rings. The lowest BCUT2D eigenvalue weighted by molar-refractivity contribution is -0.385. The molecule has 0 aliphatic rings. The summed E-state index contributed by atoms with van der Waals surface area (Å²) in [4.78, 5) is 18.3. The zero-order chi connectivity index (χ0) is 16.1. The van der Waals surface area contributed by atoms with E-state index in [4.69, 9.17) is 0 Å². The van der Waals surface area contributed by atoms with Crippen LogP contribution in [0.1, 0.15) is 11.6 Å². The van der Waals surface area contributed by atoms with E-state index in [-0.39, 0.29) is 11.7 Å². The minimum atomic E-state index is -0.471. The van der Waals surface area contributed by atoms with Crippen molar-refractivity contribution in [1.82, 2.24) is 19.7 Å². The third kappa shape index (κ3) is 3.67. The van der Waals surface area contributed by atoms with E-state index in [1.807, 2.05) is 30.3 Å². The van der Waals surface area contributed by atoms with Crippen molar-refractivity contribution in [2.24, 2.45) is 0 Å². The molecule has 0 saturated heterocycles. The van der Waals surface area contributed by atoms with Crippen molar-refractivity contribution in [2.75, 3.05) is 5.32 Å². The van der Waals surface area contributed by atoms with Crippen molar-refractivity contribution in [3.05, 3.63) is 77.0 Å². The Kier molecular flexibility index (Phi) is 4.23. The van der Waals surface area contributed by atoms with Gasteiger partial charge in [0.2, 0.25) is 0 Å². The molecule has 3 rings (SSSR count). The van der Waals surface area contributed by atoms with Crippen LogP contribution >= 0.6 is 0 Å². The quantitative estimate of drug-likeness (QED) is 0.554. The van der Waals surface area contributed by atoms with Gasteiger partial charge in [-0.1, -0.05) is 30.3 Å². The summed E-state index contributed by atoms with van der Waals surface area (Å²) in [5.41, 5.74) is 1.02. The molecule has 0 radical (unpaired) electrons. The number of hydrogen-bond acceptors (Lipinski definition) is 6. The molecule has 3 aromatic rings. The maximum absolute atomic E-state index is 10.7. The van der Waals surface area contributed by atoms with E-state index < -0.39 is 4.92 Å². The third-order valence-electron chi connectivity index (χ3n) is 3.32. The van der Waals surface area contributed by atoms with Crippen LogP contribution in [0.4, 0.5) is 11.5 Å². The van der Waals surface area contributed by atoms with E-state index in [9.17, 15) is 10.1 Å². The van der Waals surface area contributed by atoms with Crippen molar-refractivity contribution >= 4 is 11.5 Å². The number of benzene rings is 1. The Morgan fingerprint density at radius 2 is 2.04 bits per heavy atom. The molecule has 0 aliphatic heterocycles. The van der Waals surface area contributed by atoms with Gasteiger partial charge in [-0.05, 0) is 11.6 Å². The van der Waals surface area contributed by atoms with Crippen molar-refractivity contribution in [1.29, 1.82) is 0 Å². The Labute approximate surface area is 132 Å². The molecule has 1 aromatic carbocycles. The van der Waals surface area contributed by atoms with Crippen LogP contribution in [-0.2, 0) is 6.54 Å². The van der Waals surface area contributed by atoms with Crippen molar-refractivity contribution < 1.29 is 4.92 Å². The lowest BCUT2D eigenvalue weighted by Gasteiger charge is -2.19. The molecule has 8 heteroatoms. The number of anilines is 1. The fourth-order valence-corrected chi connectivity index (χ4v) is 2.19. The largest absolute Gasteiger partial charge is 0.361 e. The van der Waals surface area contributed by atoms with Gasteiger partial charge in [-0.25, -0.2) is 9.97 Å². The topological polar surface area (TPSA) is 98.8 Å². The summed E-state index contributed by atoms with van der Waals surface area (Å²) >= 11 is 0. The molecule has 0 unspecified atom stereocenters. The zero-order valence-electron chi connectivity index (χ0n) is 12.1. The third-order valence-corrected chi connectivity index (χ3v) is 3.32. The Morgan fingerprint density at radius 3 is 2.65 bits per heavy atom. The van der Waals surface area contributed by atoms with Gasteiger partial charge in [-0.2, -0.15) is 5.10 Å². The highest BCUT2D eigenvalue weighted by Crippen LogP contribution is 2.21. The molecule has 2 aromatic heterocycles. The molecule has 0 aliphatic carbocycles. The van der Waals surface area contributed by atoms with Crippen LogP contribution in [0.25, 0.3) is 0 Å². The molecule has 0 spiro atoms. The fourth-order valence-electron chi connectivity index (χ4n) is 2.19. The second kappa shape index (κ2) is 6.65. The maximum Gasteiger partial charge on any atom is 0.287 e. The van der Waals surface area contributed by atoms with Gasteiger partial charge in [0.15, 0.2) is 0 Å². The SMILES string of the molecule is O=[N+]([O-])c1ccc(N[C@H](Cn2cncn2)c2ccccc2)nc1. The van der Waals surface area contributed by atoms with E-state index in [0.717, 1.165) is 5.56 Å². The number of pyridine rings is 1. The monoisotopic (exact) mass is 310 g/mol. The number of nitrogens with zero attached hydrogens (tertiary/aromatic N) is 5. The molecule has 8 nitrogen and oxygen atoms in total. The van der Waals surface area contributed by atoms with Crippen LogP contribution in [0, 0.1) is 10.1 Å². The molecule has 116 valence electrons. The van der Waals surface area contributed by atoms with E-state index in [1.165, 1.54) is 18.6 Å². The number of nitrogens with one attached hydrogen (secondary N) is 1. The Morgan fingerprint density at radius 1 is 1.22 bits per heavy atom. The second-order valence-corrected chi connectivity index (χ2v) is 4.88. The Bertz CT molecular complexity index is 758. The Hall–Kier alpha value is -3.29. The summed E-state index contributed by atoms with van der Waals surface area (Å²) in [5, 5.41) is 18.1. The van der Waals surface area contributed by atoms with E-state index in [0.29, 0.717) is 12.4 Å². The second-order valence-electron chi connectivity index (χ2n) is 4.88. The normalized spacial score (nSPS) is 11.8. The van der Waals surface area contributed by atoms with Gasteiger partial charge >= 0.3 is 0 Å². The van der Waals surface area contributed by atoms with Gasteiger partial charge in [-0.15, -0.1) is 0 Å². The summed E-state index contributed by atoms with van der Waals surface area (Å²) < 4.78 is 1.72. The first-order valence-electron chi connectivity index (χ1n) is 6.97. The van der Waals surface area contributed by atoms with Gasteiger partial charge in [-0.3, -0.25) is 14.8 Å². The molecule has 1 N–H and O–H groups in total. The average molecular weight is 310 g/mol. The van der Waals surface area contributed by atoms with E-state index in [1.54, 1.807) is 17.1 Å². The minimum absolute atomic E-state index is 0.0388. The highest BCUT2D eigenvalue weighted by Gasteiger charge is 2.14. The number of nitro groups is 1. The number of hydrogen-bond donors (Lipinski definition) is 1. The van der Waals surface area contributed by atoms with Crippen LogP contribution in [0.3, 0.4) is 0 Å². The van der Waals surface area contributed by atoms with Crippen molar-refractivity contribution in [2.45, 2.75) is 12.6 Å². The molecule has 0 bridgehead atoms. The van der Waals surface area contributed by atoms with Gasteiger partial charge in [0.05, 0.1) is 17.5 Å².